The highest BCUT2D eigenvalue weighted by molar-refractivity contribution is 5.78. The zero-order valence-corrected chi connectivity index (χ0v) is 13.1. The largest absolute Gasteiger partial charge is 0.507 e. The summed E-state index contributed by atoms with van der Waals surface area (Å²) in [6.45, 7) is 7.15. The highest BCUT2D eigenvalue weighted by atomic mass is 16.3. The minimum Gasteiger partial charge on any atom is -0.507 e. The molecule has 1 rings (SSSR count). The summed E-state index contributed by atoms with van der Waals surface area (Å²) >= 11 is 0. The summed E-state index contributed by atoms with van der Waals surface area (Å²) in [4.78, 5) is 10.1. The van der Waals surface area contributed by atoms with E-state index in [0.29, 0.717) is 24.9 Å². The van der Waals surface area contributed by atoms with E-state index in [0.717, 1.165) is 39.3 Å². The highest BCUT2D eigenvalue weighted by Gasteiger charge is 1.93. The van der Waals surface area contributed by atoms with Crippen LogP contribution in [-0.4, -0.2) is 63.8 Å². The summed E-state index contributed by atoms with van der Waals surface area (Å²) in [7, 11) is 0. The van der Waals surface area contributed by atoms with Gasteiger partial charge in [-0.3, -0.25) is 4.79 Å². The van der Waals surface area contributed by atoms with Gasteiger partial charge in [0, 0.05) is 52.4 Å². The second-order valence-corrected chi connectivity index (χ2v) is 4.50. The maximum atomic E-state index is 10.1. The number of para-hydroxylation sites is 1. The van der Waals surface area contributed by atoms with Crippen LogP contribution in [0, 0.1) is 0 Å². The quantitative estimate of drug-likeness (QED) is 0.226. The van der Waals surface area contributed by atoms with Crippen molar-refractivity contribution >= 4 is 6.29 Å². The van der Waals surface area contributed by atoms with Crippen LogP contribution in [0.3, 0.4) is 0 Å². The average Bonchev–Trinajstić information content (AvgIpc) is 2.54. The molecule has 0 heterocycles. The summed E-state index contributed by atoms with van der Waals surface area (Å²) < 4.78 is 0. The van der Waals surface area contributed by atoms with Crippen LogP contribution >= 0.6 is 0 Å². The van der Waals surface area contributed by atoms with E-state index in [1.54, 1.807) is 18.2 Å². The van der Waals surface area contributed by atoms with Crippen LogP contribution in [0.15, 0.2) is 24.3 Å². The molecule has 0 aliphatic rings. The highest BCUT2D eigenvalue weighted by Crippen LogP contribution is 2.11. The van der Waals surface area contributed by atoms with E-state index in [-0.39, 0.29) is 5.75 Å². The molecule has 0 saturated heterocycles. The first kappa shape index (κ1) is 20.5. The monoisotopic (exact) mass is 311 g/mol. The molecule has 0 aromatic heterocycles. The molecule has 1 aromatic rings. The van der Waals surface area contributed by atoms with Gasteiger partial charge in [0.15, 0.2) is 6.29 Å². The van der Waals surface area contributed by atoms with Crippen molar-refractivity contribution in [2.24, 2.45) is 11.5 Å². The van der Waals surface area contributed by atoms with Gasteiger partial charge in [-0.2, -0.15) is 0 Å². The maximum absolute atomic E-state index is 10.1. The molecular weight excluding hydrogens is 282 g/mol. The second kappa shape index (κ2) is 15.9. The van der Waals surface area contributed by atoms with Gasteiger partial charge in [-0.15, -0.1) is 0 Å². The number of aldehydes is 1. The van der Waals surface area contributed by atoms with Gasteiger partial charge in [-0.1, -0.05) is 12.1 Å². The minimum atomic E-state index is 0.0347. The smallest absolute Gasteiger partial charge is 0.153 e. The third kappa shape index (κ3) is 12.2. The van der Waals surface area contributed by atoms with Crippen molar-refractivity contribution in [1.29, 1.82) is 0 Å². The lowest BCUT2D eigenvalue weighted by atomic mass is 10.2. The maximum Gasteiger partial charge on any atom is 0.153 e. The van der Waals surface area contributed by atoms with Crippen LogP contribution in [0.1, 0.15) is 10.4 Å². The van der Waals surface area contributed by atoms with Crippen molar-refractivity contribution in [2.45, 2.75) is 0 Å². The molecule has 1 aromatic carbocycles. The fourth-order valence-corrected chi connectivity index (χ4v) is 1.52. The Morgan fingerprint density at radius 1 is 0.864 bits per heavy atom. The van der Waals surface area contributed by atoms with E-state index in [4.69, 9.17) is 16.6 Å². The van der Waals surface area contributed by atoms with Crippen LogP contribution in [0.4, 0.5) is 0 Å². The first-order valence-electron chi connectivity index (χ1n) is 7.51. The summed E-state index contributed by atoms with van der Waals surface area (Å²) in [5.74, 6) is 0.0347. The molecule has 0 unspecified atom stereocenters. The van der Waals surface area contributed by atoms with Crippen LogP contribution in [0.5, 0.6) is 5.75 Å². The Kier molecular flexibility index (Phi) is 14.8. The molecule has 0 fully saturated rings. The Morgan fingerprint density at radius 3 is 1.68 bits per heavy atom. The number of benzene rings is 1. The molecular formula is C15H29N5O2. The van der Waals surface area contributed by atoms with Gasteiger partial charge in [0.1, 0.15) is 5.75 Å². The first-order chi connectivity index (χ1) is 10.8. The summed E-state index contributed by atoms with van der Waals surface area (Å²) in [5.41, 5.74) is 11.0. The number of aromatic hydroxyl groups is 1. The topological polar surface area (TPSA) is 125 Å². The first-order valence-corrected chi connectivity index (χ1v) is 7.51. The number of hydrogen-bond donors (Lipinski definition) is 6. The standard InChI is InChI=1S/C8H23N5.C7H6O2/c9-1-3-11-5-7-13-8-6-12-4-2-10;8-5-6-3-1-2-4-7(6)9/h11-13H,1-10H2;1-5,9H. The molecule has 0 radical (unpaired) electrons. The Balaban J connectivity index is 0.000000425. The molecule has 0 bridgehead atoms. The van der Waals surface area contributed by atoms with Gasteiger partial charge in [0.2, 0.25) is 0 Å². The van der Waals surface area contributed by atoms with E-state index in [2.05, 4.69) is 16.0 Å². The predicted molar refractivity (Wildman–Crippen MR) is 90.2 cm³/mol. The fourth-order valence-electron chi connectivity index (χ4n) is 1.52. The fraction of sp³-hybridized carbons (Fsp3) is 0.533. The van der Waals surface area contributed by atoms with Gasteiger partial charge < -0.3 is 32.5 Å². The van der Waals surface area contributed by atoms with E-state index in [9.17, 15) is 4.79 Å². The Bertz CT molecular complexity index is 367. The lowest BCUT2D eigenvalue weighted by Gasteiger charge is -2.06. The van der Waals surface area contributed by atoms with Crippen molar-refractivity contribution in [3.8, 4) is 5.75 Å². The van der Waals surface area contributed by atoms with Crippen molar-refractivity contribution in [3.05, 3.63) is 29.8 Å². The van der Waals surface area contributed by atoms with Crippen LogP contribution in [0.25, 0.3) is 0 Å². The van der Waals surface area contributed by atoms with Gasteiger partial charge in [0.05, 0.1) is 5.56 Å². The number of nitrogens with two attached hydrogens (primary N) is 2. The predicted octanol–water partition coefficient (Wildman–Crippen LogP) is -1.12. The summed E-state index contributed by atoms with van der Waals surface area (Å²) in [6.07, 6.45) is 0.620. The van der Waals surface area contributed by atoms with Crippen molar-refractivity contribution in [2.75, 3.05) is 52.4 Å². The number of phenols is 1. The van der Waals surface area contributed by atoms with Crippen LogP contribution in [-0.2, 0) is 0 Å². The number of carbonyl (C=O) groups excluding carboxylic acids is 1. The van der Waals surface area contributed by atoms with Crippen molar-refractivity contribution in [1.82, 2.24) is 16.0 Å². The molecule has 7 heteroatoms. The summed E-state index contributed by atoms with van der Waals surface area (Å²) in [6, 6.07) is 6.40. The zero-order valence-electron chi connectivity index (χ0n) is 13.1. The molecule has 0 saturated carbocycles. The molecule has 126 valence electrons. The van der Waals surface area contributed by atoms with Gasteiger partial charge in [-0.25, -0.2) is 0 Å². The van der Waals surface area contributed by atoms with Crippen LogP contribution in [0.2, 0.25) is 0 Å². The molecule has 0 atom stereocenters. The average molecular weight is 311 g/mol. The minimum absolute atomic E-state index is 0.0347. The lowest BCUT2D eigenvalue weighted by Crippen LogP contribution is -2.35. The van der Waals surface area contributed by atoms with Gasteiger partial charge in [-0.05, 0) is 12.1 Å². The third-order valence-corrected chi connectivity index (χ3v) is 2.66. The number of carbonyl (C=O) groups is 1. The number of phenolic OH excluding ortho intramolecular Hbond substituents is 1. The van der Waals surface area contributed by atoms with Crippen molar-refractivity contribution in [3.63, 3.8) is 0 Å². The van der Waals surface area contributed by atoms with Crippen LogP contribution < -0.4 is 27.4 Å². The lowest BCUT2D eigenvalue weighted by molar-refractivity contribution is 0.112. The zero-order chi connectivity index (χ0) is 16.5. The van der Waals surface area contributed by atoms with Crippen molar-refractivity contribution < 1.29 is 9.90 Å². The number of rotatable bonds is 11. The van der Waals surface area contributed by atoms with E-state index in [1.807, 2.05) is 0 Å². The Labute approximate surface area is 132 Å². The molecule has 7 nitrogen and oxygen atoms in total. The molecule has 22 heavy (non-hydrogen) atoms. The van der Waals surface area contributed by atoms with Gasteiger partial charge >= 0.3 is 0 Å². The van der Waals surface area contributed by atoms with Gasteiger partial charge in [0.25, 0.3) is 0 Å². The van der Waals surface area contributed by atoms with E-state index in [1.165, 1.54) is 6.07 Å². The number of nitrogens with one attached hydrogen (secondary N) is 3. The molecule has 0 aliphatic heterocycles. The Hall–Kier alpha value is -1.51. The molecule has 0 aliphatic carbocycles. The van der Waals surface area contributed by atoms with E-state index < -0.39 is 0 Å². The third-order valence-electron chi connectivity index (χ3n) is 2.66. The molecule has 0 amide bonds. The summed E-state index contributed by atoms with van der Waals surface area (Å²) in [5, 5.41) is 18.6. The molecule has 8 N–H and O–H groups in total. The Morgan fingerprint density at radius 2 is 1.32 bits per heavy atom. The van der Waals surface area contributed by atoms with E-state index >= 15 is 0 Å². The SMILES string of the molecule is NCCNCCNCCNCCN.O=Cc1ccccc1O. The number of hydrogen-bond acceptors (Lipinski definition) is 7. The normalized spacial score (nSPS) is 9.91. The molecule has 0 spiro atoms. The second-order valence-electron chi connectivity index (χ2n) is 4.50.